The van der Waals surface area contributed by atoms with Gasteiger partial charge in [-0.3, -0.25) is 9.80 Å². The molecule has 0 amide bonds. The number of aryl methyl sites for hydroxylation is 1. The van der Waals surface area contributed by atoms with E-state index >= 15 is 0 Å². The normalized spacial score (nSPS) is 23.2. The molecule has 35 heavy (non-hydrogen) atoms. The Morgan fingerprint density at radius 3 is 2.71 bits per heavy atom. The zero-order valence-corrected chi connectivity index (χ0v) is 20.1. The van der Waals surface area contributed by atoms with E-state index < -0.39 is 12.4 Å². The fraction of sp³-hybridized carbons (Fsp3) is 0.444. The van der Waals surface area contributed by atoms with Crippen molar-refractivity contribution in [2.75, 3.05) is 26.7 Å². The molecule has 8 heteroatoms. The van der Waals surface area contributed by atoms with Gasteiger partial charge < -0.3 is 14.8 Å². The number of likely N-dealkylation sites (tertiary alicyclic amines) is 2. The number of methoxy groups -OCH3 is 1. The lowest BCUT2D eigenvalue weighted by Gasteiger charge is -2.56. The average molecular weight is 484 g/mol. The Bertz CT molecular complexity index is 1230. The smallest absolute Gasteiger partial charge is 0.335 e. The number of aromatic amines is 1. The minimum Gasteiger partial charge on any atom is -0.496 e. The number of fused-ring (bicyclic) bond motifs is 3. The van der Waals surface area contributed by atoms with Crippen molar-refractivity contribution in [3.63, 3.8) is 0 Å². The molecule has 1 aromatic heterocycles. The van der Waals surface area contributed by atoms with Crippen LogP contribution in [0.25, 0.3) is 10.9 Å². The molecule has 2 aliphatic heterocycles. The minimum atomic E-state index is -2.35. The first-order chi connectivity index (χ1) is 16.8. The van der Waals surface area contributed by atoms with E-state index in [2.05, 4.69) is 28.9 Å². The molecule has 0 aliphatic carbocycles. The predicted octanol–water partition coefficient (Wildman–Crippen LogP) is 5.01. The number of alkyl halides is 2. The summed E-state index contributed by atoms with van der Waals surface area (Å²) in [5.74, 6) is -0.123. The number of piperidine rings is 2. The number of aromatic carboxylic acids is 1. The minimum absolute atomic E-state index is 0.0698. The molecule has 2 N–H and O–H groups in total. The zero-order chi connectivity index (χ0) is 24.7. The maximum atomic E-state index is 13.3. The summed E-state index contributed by atoms with van der Waals surface area (Å²) in [5, 5.41) is 10.5. The summed E-state index contributed by atoms with van der Waals surface area (Å²) >= 11 is 0. The van der Waals surface area contributed by atoms with Crippen molar-refractivity contribution >= 4 is 16.9 Å². The quantitative estimate of drug-likeness (QED) is 0.494. The van der Waals surface area contributed by atoms with Gasteiger partial charge in [0.25, 0.3) is 6.43 Å². The van der Waals surface area contributed by atoms with Gasteiger partial charge in [-0.05, 0) is 61.6 Å². The highest BCUT2D eigenvalue weighted by molar-refractivity contribution is 5.88. The number of H-pyrrole nitrogens is 1. The summed E-state index contributed by atoms with van der Waals surface area (Å²) in [5.41, 5.74) is 4.22. The number of carboxylic acids is 1. The number of carbonyl (C=O) groups is 1. The lowest BCUT2D eigenvalue weighted by Crippen LogP contribution is -2.61. The van der Waals surface area contributed by atoms with Crippen LogP contribution in [0, 0.1) is 6.92 Å². The highest BCUT2D eigenvalue weighted by Crippen LogP contribution is 2.47. The maximum absolute atomic E-state index is 13.3. The molecule has 3 heterocycles. The number of nitrogens with zero attached hydrogens (tertiary/aromatic N) is 2. The van der Waals surface area contributed by atoms with Gasteiger partial charge in [0.2, 0.25) is 0 Å². The van der Waals surface area contributed by atoms with E-state index in [1.165, 1.54) is 0 Å². The summed E-state index contributed by atoms with van der Waals surface area (Å²) in [6.07, 6.45) is 1.83. The Morgan fingerprint density at radius 2 is 2.03 bits per heavy atom. The summed E-state index contributed by atoms with van der Waals surface area (Å²) in [6.45, 7) is 3.85. The monoisotopic (exact) mass is 483 g/mol. The molecule has 2 aliphatic rings. The molecule has 0 spiro atoms. The molecule has 3 aromatic rings. The van der Waals surface area contributed by atoms with Crippen LogP contribution in [0.2, 0.25) is 0 Å². The molecule has 0 radical (unpaired) electrons. The van der Waals surface area contributed by atoms with Crippen LogP contribution < -0.4 is 4.74 Å². The van der Waals surface area contributed by atoms with Crippen molar-refractivity contribution in [2.45, 2.75) is 50.7 Å². The number of hydrogen-bond acceptors (Lipinski definition) is 4. The molecule has 2 saturated heterocycles. The van der Waals surface area contributed by atoms with Gasteiger partial charge >= 0.3 is 5.97 Å². The largest absolute Gasteiger partial charge is 0.496 e. The molecule has 2 fully saturated rings. The van der Waals surface area contributed by atoms with Crippen molar-refractivity contribution < 1.29 is 23.4 Å². The van der Waals surface area contributed by atoms with Crippen LogP contribution in [0.3, 0.4) is 0 Å². The zero-order valence-electron chi connectivity index (χ0n) is 20.1. The fourth-order valence-corrected chi connectivity index (χ4v) is 6.21. The lowest BCUT2D eigenvalue weighted by atomic mass is 9.72. The Morgan fingerprint density at radius 1 is 1.26 bits per heavy atom. The SMILES string of the molecule is COc1cc(C)c2[nH]ccc2c1CN1CC[C@@H]2C[C@@]1(c1ccc(C(=O)O)cc1)CCN2CC(F)F. The molecular formula is C27H31F2N3O3. The van der Waals surface area contributed by atoms with Crippen molar-refractivity contribution in [3.05, 3.63) is 64.8 Å². The molecule has 0 saturated carbocycles. The lowest BCUT2D eigenvalue weighted by molar-refractivity contribution is -0.0731. The van der Waals surface area contributed by atoms with Crippen LogP contribution >= 0.6 is 0 Å². The van der Waals surface area contributed by atoms with Crippen LogP contribution in [-0.2, 0) is 12.1 Å². The highest BCUT2D eigenvalue weighted by atomic mass is 19.3. The van der Waals surface area contributed by atoms with Gasteiger partial charge in [0.1, 0.15) is 5.75 Å². The van der Waals surface area contributed by atoms with E-state index in [-0.39, 0.29) is 23.7 Å². The maximum Gasteiger partial charge on any atom is 0.335 e. The molecule has 0 unspecified atom stereocenters. The third-order valence-corrected chi connectivity index (χ3v) is 7.96. The standard InChI is InChI=1S/C27H31F2N3O3/c1-17-13-23(35-2)22(21-7-10-30-25(17)21)15-32-11-8-20-14-27(32,9-12-31(20)16-24(28)29)19-5-3-18(4-6-19)26(33)34/h3-7,10,13,20,24,30H,8-9,11-12,14-16H2,1-2H3,(H,33,34)/t20-,27-/m1/s1. The van der Waals surface area contributed by atoms with E-state index in [0.29, 0.717) is 19.5 Å². The molecule has 186 valence electrons. The number of carboxylic acid groups (broad SMARTS) is 1. The summed E-state index contributed by atoms with van der Waals surface area (Å²) < 4.78 is 32.3. The van der Waals surface area contributed by atoms with Gasteiger partial charge in [-0.25, -0.2) is 13.6 Å². The van der Waals surface area contributed by atoms with Gasteiger partial charge in [-0.15, -0.1) is 0 Å². The van der Waals surface area contributed by atoms with Gasteiger partial charge in [0.05, 0.1) is 19.2 Å². The van der Waals surface area contributed by atoms with Gasteiger partial charge in [-0.1, -0.05) is 12.1 Å². The van der Waals surface area contributed by atoms with E-state index in [9.17, 15) is 18.7 Å². The summed E-state index contributed by atoms with van der Waals surface area (Å²) in [4.78, 5) is 19.2. The molecule has 2 atom stereocenters. The van der Waals surface area contributed by atoms with Crippen molar-refractivity contribution in [3.8, 4) is 5.75 Å². The van der Waals surface area contributed by atoms with E-state index in [0.717, 1.165) is 52.7 Å². The molecule has 5 rings (SSSR count). The first kappa shape index (κ1) is 23.8. The number of rotatable bonds is 7. The van der Waals surface area contributed by atoms with Crippen molar-refractivity contribution in [1.29, 1.82) is 0 Å². The number of halogens is 2. The highest BCUT2D eigenvalue weighted by Gasteiger charge is 2.48. The van der Waals surface area contributed by atoms with Crippen LogP contribution in [0.5, 0.6) is 5.75 Å². The van der Waals surface area contributed by atoms with Gasteiger partial charge in [0.15, 0.2) is 0 Å². The first-order valence-electron chi connectivity index (χ1n) is 12.1. The Kier molecular flexibility index (Phi) is 6.27. The molecule has 2 aromatic carbocycles. The molecule has 2 bridgehead atoms. The van der Waals surface area contributed by atoms with Gasteiger partial charge in [-0.2, -0.15) is 0 Å². The molecule has 6 nitrogen and oxygen atoms in total. The first-order valence-corrected chi connectivity index (χ1v) is 12.1. The number of ether oxygens (including phenoxy) is 1. The second-order valence-electron chi connectivity index (χ2n) is 9.76. The molecular weight excluding hydrogens is 452 g/mol. The Balaban J connectivity index is 1.55. The second kappa shape index (κ2) is 9.24. The second-order valence-corrected chi connectivity index (χ2v) is 9.76. The Hall–Kier alpha value is -2.97. The third-order valence-electron chi connectivity index (χ3n) is 7.96. The van der Waals surface area contributed by atoms with E-state index in [1.807, 2.05) is 23.2 Å². The van der Waals surface area contributed by atoms with Crippen molar-refractivity contribution in [2.24, 2.45) is 0 Å². The van der Waals surface area contributed by atoms with Crippen LogP contribution in [0.15, 0.2) is 42.6 Å². The van der Waals surface area contributed by atoms with E-state index in [1.54, 1.807) is 19.2 Å². The number of hydrogen-bond donors (Lipinski definition) is 2. The van der Waals surface area contributed by atoms with E-state index in [4.69, 9.17) is 4.74 Å². The predicted molar refractivity (Wildman–Crippen MR) is 130 cm³/mol. The average Bonchev–Trinajstić information content (AvgIpc) is 3.34. The van der Waals surface area contributed by atoms with Crippen LogP contribution in [0.1, 0.15) is 46.3 Å². The fourth-order valence-electron chi connectivity index (χ4n) is 6.21. The Labute approximate surface area is 203 Å². The number of benzene rings is 2. The summed E-state index contributed by atoms with van der Waals surface area (Å²) in [7, 11) is 1.69. The number of nitrogens with one attached hydrogen (secondary N) is 1. The topological polar surface area (TPSA) is 68.8 Å². The van der Waals surface area contributed by atoms with Crippen LogP contribution in [0.4, 0.5) is 8.78 Å². The van der Waals surface area contributed by atoms with Crippen molar-refractivity contribution in [1.82, 2.24) is 14.8 Å². The van der Waals surface area contributed by atoms with Gasteiger partial charge in [0, 0.05) is 53.9 Å². The van der Waals surface area contributed by atoms with Crippen LogP contribution in [-0.4, -0.2) is 65.1 Å². The summed E-state index contributed by atoms with van der Waals surface area (Å²) in [6, 6.07) is 11.3. The third kappa shape index (κ3) is 4.19. The number of aromatic nitrogens is 1.